The zero-order chi connectivity index (χ0) is 14.0. The molecule has 0 saturated heterocycles. The highest BCUT2D eigenvalue weighted by Crippen LogP contribution is 2.31. The molecule has 2 aromatic heterocycles. The Labute approximate surface area is 118 Å². The Hall–Kier alpha value is -1.23. The van der Waals surface area contributed by atoms with Crippen LogP contribution in [0.25, 0.3) is 11.0 Å². The minimum absolute atomic E-state index is 0.435. The standard InChI is InChI=1S/C14H22N4S/c1-5-19-7-6-9(2)18-11(4)10(3)12-13(15)16-8-17-14(12)18/h8-9H,5-7H2,1-4H3,(H2,15,16,17). The van der Waals surface area contributed by atoms with Crippen LogP contribution in [-0.2, 0) is 0 Å². The SMILES string of the molecule is CCSCCC(C)n1c(C)c(C)c2c(N)ncnc21. The van der Waals surface area contributed by atoms with Crippen molar-refractivity contribution in [2.45, 2.75) is 40.2 Å². The molecule has 0 amide bonds. The van der Waals surface area contributed by atoms with Gasteiger partial charge in [0, 0.05) is 11.7 Å². The van der Waals surface area contributed by atoms with Gasteiger partial charge in [-0.15, -0.1) is 0 Å². The maximum atomic E-state index is 5.99. The lowest BCUT2D eigenvalue weighted by Gasteiger charge is -2.16. The molecule has 0 aliphatic rings. The topological polar surface area (TPSA) is 56.7 Å². The molecule has 0 aliphatic carbocycles. The third-order valence-electron chi connectivity index (χ3n) is 3.69. The number of aryl methyl sites for hydroxylation is 1. The highest BCUT2D eigenvalue weighted by Gasteiger charge is 2.18. The number of fused-ring (bicyclic) bond motifs is 1. The largest absolute Gasteiger partial charge is 0.383 e. The predicted octanol–water partition coefficient (Wildman–Crippen LogP) is 3.33. The highest BCUT2D eigenvalue weighted by atomic mass is 32.2. The number of nitrogens with two attached hydrogens (primary N) is 1. The van der Waals surface area contributed by atoms with E-state index in [4.69, 9.17) is 5.73 Å². The number of nitrogens with zero attached hydrogens (tertiary/aromatic N) is 3. The van der Waals surface area contributed by atoms with Gasteiger partial charge in [-0.2, -0.15) is 11.8 Å². The van der Waals surface area contributed by atoms with Crippen LogP contribution in [0.15, 0.2) is 6.33 Å². The second-order valence-corrected chi connectivity index (χ2v) is 6.27. The average molecular weight is 278 g/mol. The van der Waals surface area contributed by atoms with Crippen molar-refractivity contribution in [1.29, 1.82) is 0 Å². The number of nitrogen functional groups attached to an aromatic ring is 1. The smallest absolute Gasteiger partial charge is 0.146 e. The molecule has 0 fully saturated rings. The lowest BCUT2D eigenvalue weighted by atomic mass is 10.2. The van der Waals surface area contributed by atoms with E-state index in [9.17, 15) is 0 Å². The normalized spacial score (nSPS) is 13.1. The van der Waals surface area contributed by atoms with Crippen molar-refractivity contribution in [3.8, 4) is 0 Å². The number of hydrogen-bond donors (Lipinski definition) is 1. The molecule has 19 heavy (non-hydrogen) atoms. The first-order chi connectivity index (χ1) is 9.07. The summed E-state index contributed by atoms with van der Waals surface area (Å²) >= 11 is 1.98. The number of thioether (sulfide) groups is 1. The zero-order valence-corrected chi connectivity index (χ0v) is 12.9. The molecule has 0 saturated carbocycles. The van der Waals surface area contributed by atoms with Crippen molar-refractivity contribution in [1.82, 2.24) is 14.5 Å². The summed E-state index contributed by atoms with van der Waals surface area (Å²) < 4.78 is 2.30. The Bertz CT molecular complexity index is 576. The quantitative estimate of drug-likeness (QED) is 0.852. The van der Waals surface area contributed by atoms with Crippen LogP contribution in [0.3, 0.4) is 0 Å². The van der Waals surface area contributed by atoms with Gasteiger partial charge in [-0.25, -0.2) is 9.97 Å². The molecule has 2 heterocycles. The first kappa shape index (κ1) is 14.2. The van der Waals surface area contributed by atoms with Gasteiger partial charge in [0.1, 0.15) is 17.8 Å². The molecule has 0 bridgehead atoms. The van der Waals surface area contributed by atoms with E-state index in [1.807, 2.05) is 11.8 Å². The first-order valence-electron chi connectivity index (χ1n) is 6.73. The summed E-state index contributed by atoms with van der Waals surface area (Å²) in [4.78, 5) is 8.54. The molecule has 0 radical (unpaired) electrons. The molecule has 2 aromatic rings. The minimum Gasteiger partial charge on any atom is -0.383 e. The Kier molecular flexibility index (Phi) is 4.34. The van der Waals surface area contributed by atoms with Crippen LogP contribution in [0, 0.1) is 13.8 Å². The van der Waals surface area contributed by atoms with E-state index < -0.39 is 0 Å². The Morgan fingerprint density at radius 3 is 2.79 bits per heavy atom. The second-order valence-electron chi connectivity index (χ2n) is 4.87. The zero-order valence-electron chi connectivity index (χ0n) is 12.1. The van der Waals surface area contributed by atoms with Crippen LogP contribution in [0.5, 0.6) is 0 Å². The summed E-state index contributed by atoms with van der Waals surface area (Å²) in [5, 5.41) is 1.01. The van der Waals surface area contributed by atoms with Crippen LogP contribution in [0.2, 0.25) is 0 Å². The molecule has 1 unspecified atom stereocenters. The minimum atomic E-state index is 0.435. The van der Waals surface area contributed by atoms with Gasteiger partial charge in [-0.05, 0) is 44.3 Å². The summed E-state index contributed by atoms with van der Waals surface area (Å²) in [6.45, 7) is 8.69. The van der Waals surface area contributed by atoms with Crippen molar-refractivity contribution < 1.29 is 0 Å². The first-order valence-corrected chi connectivity index (χ1v) is 7.88. The summed E-state index contributed by atoms with van der Waals surface area (Å²) in [6, 6.07) is 0.435. The Balaban J connectivity index is 2.43. The second kappa shape index (κ2) is 5.82. The van der Waals surface area contributed by atoms with Crippen molar-refractivity contribution in [3.63, 3.8) is 0 Å². The number of aromatic nitrogens is 3. The summed E-state index contributed by atoms with van der Waals surface area (Å²) in [5.41, 5.74) is 9.41. The molecule has 104 valence electrons. The molecule has 0 spiro atoms. The van der Waals surface area contributed by atoms with Gasteiger partial charge in [-0.3, -0.25) is 0 Å². The molecule has 0 aromatic carbocycles. The van der Waals surface area contributed by atoms with E-state index in [1.54, 1.807) is 6.33 Å². The molecular weight excluding hydrogens is 256 g/mol. The molecule has 2 rings (SSSR count). The molecule has 1 atom stereocenters. The van der Waals surface area contributed by atoms with Crippen molar-refractivity contribution in [2.24, 2.45) is 0 Å². The van der Waals surface area contributed by atoms with Gasteiger partial charge in [0.2, 0.25) is 0 Å². The van der Waals surface area contributed by atoms with Crippen LogP contribution >= 0.6 is 11.8 Å². The predicted molar refractivity (Wildman–Crippen MR) is 83.7 cm³/mol. The van der Waals surface area contributed by atoms with Gasteiger partial charge in [0.25, 0.3) is 0 Å². The van der Waals surface area contributed by atoms with Gasteiger partial charge >= 0.3 is 0 Å². The van der Waals surface area contributed by atoms with E-state index >= 15 is 0 Å². The van der Waals surface area contributed by atoms with Gasteiger partial charge in [-0.1, -0.05) is 6.92 Å². The molecule has 4 nitrogen and oxygen atoms in total. The molecular formula is C14H22N4S. The molecule has 0 aliphatic heterocycles. The van der Waals surface area contributed by atoms with Gasteiger partial charge in [0.05, 0.1) is 5.39 Å². The van der Waals surface area contributed by atoms with E-state index in [1.165, 1.54) is 22.8 Å². The fourth-order valence-corrected chi connectivity index (χ4v) is 3.32. The maximum Gasteiger partial charge on any atom is 0.146 e. The van der Waals surface area contributed by atoms with Crippen LogP contribution in [0.1, 0.15) is 37.6 Å². The number of hydrogen-bond acceptors (Lipinski definition) is 4. The van der Waals surface area contributed by atoms with E-state index in [-0.39, 0.29) is 0 Å². The lowest BCUT2D eigenvalue weighted by molar-refractivity contribution is 0.537. The Morgan fingerprint density at radius 2 is 2.11 bits per heavy atom. The number of rotatable bonds is 5. The average Bonchev–Trinajstić information content (AvgIpc) is 2.63. The maximum absolute atomic E-state index is 5.99. The third-order valence-corrected chi connectivity index (χ3v) is 4.62. The molecule has 2 N–H and O–H groups in total. The number of anilines is 1. The van der Waals surface area contributed by atoms with Gasteiger partial charge in [0.15, 0.2) is 0 Å². The summed E-state index contributed by atoms with van der Waals surface area (Å²) in [7, 11) is 0. The third kappa shape index (κ3) is 2.56. The van der Waals surface area contributed by atoms with E-state index in [0.717, 1.165) is 17.5 Å². The lowest BCUT2D eigenvalue weighted by Crippen LogP contribution is -2.09. The van der Waals surface area contributed by atoms with Crippen molar-refractivity contribution in [2.75, 3.05) is 17.2 Å². The van der Waals surface area contributed by atoms with E-state index in [0.29, 0.717) is 11.9 Å². The van der Waals surface area contributed by atoms with Crippen molar-refractivity contribution in [3.05, 3.63) is 17.6 Å². The highest BCUT2D eigenvalue weighted by molar-refractivity contribution is 7.99. The van der Waals surface area contributed by atoms with Crippen LogP contribution < -0.4 is 5.73 Å². The monoisotopic (exact) mass is 278 g/mol. The fraction of sp³-hybridized carbons (Fsp3) is 0.571. The van der Waals surface area contributed by atoms with Gasteiger partial charge < -0.3 is 10.3 Å². The fourth-order valence-electron chi connectivity index (χ4n) is 2.52. The van der Waals surface area contributed by atoms with Crippen molar-refractivity contribution >= 4 is 28.6 Å². The van der Waals surface area contributed by atoms with Crippen LogP contribution in [-0.4, -0.2) is 26.0 Å². The Morgan fingerprint density at radius 1 is 1.37 bits per heavy atom. The summed E-state index contributed by atoms with van der Waals surface area (Å²) in [6.07, 6.45) is 2.70. The molecule has 5 heteroatoms. The van der Waals surface area contributed by atoms with Crippen LogP contribution in [0.4, 0.5) is 5.82 Å². The van der Waals surface area contributed by atoms with E-state index in [2.05, 4.69) is 42.2 Å². The summed E-state index contributed by atoms with van der Waals surface area (Å²) in [5.74, 6) is 2.93.